The Labute approximate surface area is 201 Å². The number of fused-ring (bicyclic) bond motifs is 1. The molecule has 0 aliphatic heterocycles. The van der Waals surface area contributed by atoms with Gasteiger partial charge in [0.05, 0.1) is 5.69 Å². The van der Waals surface area contributed by atoms with Gasteiger partial charge in [-0.25, -0.2) is 0 Å². The molecule has 0 amide bonds. The quantitative estimate of drug-likeness (QED) is 0.174. The maximum Gasteiger partial charge on any atom is 0.296 e. The SMILES string of the molecule is CN=Nc1cc(O)c(N=Nc2c(S(=O)(=O)O)cc3cc(Nc4ccccc4)ccc3c2O)cc1C. The average Bonchev–Trinajstić information content (AvgIpc) is 2.81. The van der Waals surface area contributed by atoms with Crippen molar-refractivity contribution < 1.29 is 23.2 Å². The first-order chi connectivity index (χ1) is 16.7. The summed E-state index contributed by atoms with van der Waals surface area (Å²) in [6, 6.07) is 18.3. The number of hydrogen-bond donors (Lipinski definition) is 4. The summed E-state index contributed by atoms with van der Waals surface area (Å²) in [6.07, 6.45) is 0. The zero-order valence-corrected chi connectivity index (χ0v) is 19.5. The van der Waals surface area contributed by atoms with Crippen LogP contribution in [-0.4, -0.2) is 30.2 Å². The second-order valence-corrected chi connectivity index (χ2v) is 8.99. The molecule has 0 aliphatic rings. The summed E-state index contributed by atoms with van der Waals surface area (Å²) >= 11 is 0. The van der Waals surface area contributed by atoms with Crippen LogP contribution in [0.1, 0.15) is 5.56 Å². The Kier molecular flexibility index (Phi) is 6.45. The minimum atomic E-state index is -4.78. The summed E-state index contributed by atoms with van der Waals surface area (Å²) in [5, 5.41) is 40.3. The van der Waals surface area contributed by atoms with Crippen molar-refractivity contribution in [3.8, 4) is 11.5 Å². The molecule has 10 nitrogen and oxygen atoms in total. The van der Waals surface area contributed by atoms with E-state index < -0.39 is 26.5 Å². The Morgan fingerprint density at radius 2 is 1.57 bits per heavy atom. The van der Waals surface area contributed by atoms with Crippen LogP contribution < -0.4 is 5.32 Å². The van der Waals surface area contributed by atoms with Gasteiger partial charge in [-0.3, -0.25) is 4.55 Å². The molecule has 11 heteroatoms. The second kappa shape index (κ2) is 9.49. The topological polar surface area (TPSA) is 156 Å². The minimum absolute atomic E-state index is 0.0146. The van der Waals surface area contributed by atoms with Crippen LogP contribution in [0.2, 0.25) is 0 Å². The standard InChI is InChI=1S/C24H21N5O5S/c1-14-10-20(21(30)13-19(14)27-25-2)28-29-23-22(35(32,33)34)12-15-11-17(8-9-18(15)24(23)31)26-16-6-4-3-5-7-16/h3-13,26,30-31H,1-2H3,(H,32,33,34). The number of nitrogens with zero attached hydrogens (tertiary/aromatic N) is 4. The van der Waals surface area contributed by atoms with Crippen LogP contribution in [0.5, 0.6) is 11.5 Å². The molecule has 0 saturated heterocycles. The third-order valence-electron chi connectivity index (χ3n) is 5.15. The van der Waals surface area contributed by atoms with Crippen LogP contribution in [0.25, 0.3) is 10.8 Å². The van der Waals surface area contributed by atoms with Gasteiger partial charge in [-0.2, -0.15) is 18.6 Å². The van der Waals surface area contributed by atoms with Gasteiger partial charge in [0.2, 0.25) is 0 Å². The third kappa shape index (κ3) is 5.10. The second-order valence-electron chi connectivity index (χ2n) is 7.60. The molecule has 4 aromatic rings. The molecule has 0 radical (unpaired) electrons. The Bertz CT molecular complexity index is 1590. The zero-order valence-electron chi connectivity index (χ0n) is 18.7. The van der Waals surface area contributed by atoms with Gasteiger partial charge in [-0.15, -0.1) is 10.2 Å². The van der Waals surface area contributed by atoms with Crippen LogP contribution in [0.15, 0.2) is 92.1 Å². The van der Waals surface area contributed by atoms with E-state index in [1.54, 1.807) is 25.1 Å². The van der Waals surface area contributed by atoms with E-state index in [0.717, 1.165) is 5.69 Å². The lowest BCUT2D eigenvalue weighted by Crippen LogP contribution is -1.99. The Morgan fingerprint density at radius 1 is 0.829 bits per heavy atom. The van der Waals surface area contributed by atoms with Gasteiger partial charge in [-0.1, -0.05) is 18.2 Å². The number of hydrogen-bond acceptors (Lipinski definition) is 9. The molecule has 0 unspecified atom stereocenters. The maximum atomic E-state index is 12.1. The van der Waals surface area contributed by atoms with Crippen molar-refractivity contribution in [1.29, 1.82) is 0 Å². The third-order valence-corrected chi connectivity index (χ3v) is 6.02. The fourth-order valence-corrected chi connectivity index (χ4v) is 4.14. The fraction of sp³-hybridized carbons (Fsp3) is 0.0833. The highest BCUT2D eigenvalue weighted by molar-refractivity contribution is 7.86. The van der Waals surface area contributed by atoms with E-state index >= 15 is 0 Å². The van der Waals surface area contributed by atoms with Crippen molar-refractivity contribution in [3.63, 3.8) is 0 Å². The van der Waals surface area contributed by atoms with Gasteiger partial charge in [-0.05, 0) is 60.3 Å². The van der Waals surface area contributed by atoms with Crippen LogP contribution in [-0.2, 0) is 10.1 Å². The molecular weight excluding hydrogens is 470 g/mol. The Hall–Kier alpha value is -4.35. The summed E-state index contributed by atoms with van der Waals surface area (Å²) in [5.41, 5.74) is 2.08. The Morgan fingerprint density at radius 3 is 2.26 bits per heavy atom. The fourth-order valence-electron chi connectivity index (χ4n) is 3.48. The number of anilines is 2. The van der Waals surface area contributed by atoms with Crippen molar-refractivity contribution in [2.75, 3.05) is 12.4 Å². The molecule has 0 aromatic heterocycles. The van der Waals surface area contributed by atoms with Crippen molar-refractivity contribution in [2.45, 2.75) is 11.8 Å². The molecule has 4 aromatic carbocycles. The number of azo groups is 2. The van der Waals surface area contributed by atoms with Crippen LogP contribution in [0, 0.1) is 6.92 Å². The van der Waals surface area contributed by atoms with E-state index in [4.69, 9.17) is 0 Å². The molecule has 0 aliphatic carbocycles. The lowest BCUT2D eigenvalue weighted by Gasteiger charge is -2.11. The molecule has 4 N–H and O–H groups in total. The monoisotopic (exact) mass is 491 g/mol. The zero-order chi connectivity index (χ0) is 25.2. The first kappa shape index (κ1) is 23.8. The van der Waals surface area contributed by atoms with Crippen molar-refractivity contribution in [1.82, 2.24) is 0 Å². The van der Waals surface area contributed by atoms with Crippen molar-refractivity contribution in [3.05, 3.63) is 72.3 Å². The molecule has 0 spiro atoms. The summed E-state index contributed by atoms with van der Waals surface area (Å²) in [4.78, 5) is -0.629. The minimum Gasteiger partial charge on any atom is -0.506 e. The highest BCUT2D eigenvalue weighted by Gasteiger charge is 2.22. The number of phenols is 2. The number of aryl methyl sites for hydroxylation is 1. The number of rotatable bonds is 6. The molecule has 0 atom stereocenters. The first-order valence-electron chi connectivity index (χ1n) is 10.3. The maximum absolute atomic E-state index is 12.1. The van der Waals surface area contributed by atoms with Crippen LogP contribution in [0.4, 0.5) is 28.4 Å². The predicted octanol–water partition coefficient (Wildman–Crippen LogP) is 6.68. The number of aromatic hydroxyl groups is 2. The molecule has 0 fully saturated rings. The summed E-state index contributed by atoms with van der Waals surface area (Å²) in [7, 11) is -3.29. The lowest BCUT2D eigenvalue weighted by atomic mass is 10.1. The number of benzene rings is 4. The smallest absolute Gasteiger partial charge is 0.296 e. The predicted molar refractivity (Wildman–Crippen MR) is 133 cm³/mol. The molecule has 0 saturated carbocycles. The molecule has 35 heavy (non-hydrogen) atoms. The number of nitrogens with one attached hydrogen (secondary N) is 1. The van der Waals surface area contributed by atoms with E-state index in [1.807, 2.05) is 30.3 Å². The summed E-state index contributed by atoms with van der Waals surface area (Å²) in [5.74, 6) is -0.759. The van der Waals surface area contributed by atoms with Gasteiger partial charge >= 0.3 is 0 Å². The van der Waals surface area contributed by atoms with Gasteiger partial charge < -0.3 is 15.5 Å². The van der Waals surface area contributed by atoms with Gasteiger partial charge in [0, 0.05) is 29.9 Å². The van der Waals surface area contributed by atoms with Gasteiger partial charge in [0.1, 0.15) is 22.0 Å². The molecule has 178 valence electrons. The molecule has 4 rings (SSSR count). The largest absolute Gasteiger partial charge is 0.506 e. The molecular formula is C24H21N5O5S. The van der Waals surface area contributed by atoms with Crippen molar-refractivity contribution >= 4 is 49.3 Å². The van der Waals surface area contributed by atoms with E-state index in [0.29, 0.717) is 27.7 Å². The first-order valence-corrected chi connectivity index (χ1v) is 11.8. The van der Waals surface area contributed by atoms with Crippen LogP contribution in [0.3, 0.4) is 0 Å². The molecule has 0 bridgehead atoms. The average molecular weight is 492 g/mol. The van der Waals surface area contributed by atoms with Crippen molar-refractivity contribution in [2.24, 2.45) is 20.5 Å². The van der Waals surface area contributed by atoms with E-state index in [2.05, 4.69) is 25.8 Å². The van der Waals surface area contributed by atoms with E-state index in [1.165, 1.54) is 25.2 Å². The van der Waals surface area contributed by atoms with Gasteiger partial charge in [0.25, 0.3) is 10.1 Å². The highest BCUT2D eigenvalue weighted by atomic mass is 32.2. The van der Waals surface area contributed by atoms with E-state index in [-0.39, 0.29) is 11.4 Å². The Balaban J connectivity index is 1.81. The number of phenolic OH excluding ortho intramolecular Hbond substituents is 2. The summed E-state index contributed by atoms with van der Waals surface area (Å²) in [6.45, 7) is 1.72. The lowest BCUT2D eigenvalue weighted by molar-refractivity contribution is 0.471. The summed E-state index contributed by atoms with van der Waals surface area (Å²) < 4.78 is 34.1. The van der Waals surface area contributed by atoms with Gasteiger partial charge in [0.15, 0.2) is 5.75 Å². The normalized spacial score (nSPS) is 12.1. The highest BCUT2D eigenvalue weighted by Crippen LogP contribution is 2.43. The van der Waals surface area contributed by atoms with E-state index in [9.17, 15) is 23.2 Å². The van der Waals surface area contributed by atoms with Crippen LogP contribution >= 0.6 is 0 Å². The number of para-hydroxylation sites is 1. The molecule has 0 heterocycles.